The highest BCUT2D eigenvalue weighted by Gasteiger charge is 2.36. The Labute approximate surface area is 161 Å². The summed E-state index contributed by atoms with van der Waals surface area (Å²) in [6, 6.07) is 0. The molecule has 7 nitrogen and oxygen atoms in total. The van der Waals surface area contributed by atoms with E-state index < -0.39 is 11.9 Å². The van der Waals surface area contributed by atoms with Gasteiger partial charge in [-0.05, 0) is 20.8 Å². The molecule has 0 atom stereocenters. The number of carbonyl (C=O) groups excluding carboxylic acids is 1. The van der Waals surface area contributed by atoms with E-state index in [0.29, 0.717) is 0 Å². The lowest BCUT2D eigenvalue weighted by Gasteiger charge is -2.21. The predicted octanol–water partition coefficient (Wildman–Crippen LogP) is 1.64. The maximum absolute atomic E-state index is 12.9. The lowest BCUT2D eigenvalue weighted by atomic mass is 10.1. The van der Waals surface area contributed by atoms with Gasteiger partial charge in [0.15, 0.2) is 11.7 Å². The molecule has 0 radical (unpaired) electrons. The molecule has 0 saturated carbocycles. The van der Waals surface area contributed by atoms with Gasteiger partial charge in [0.25, 0.3) is 0 Å². The number of rotatable bonds is 4. The zero-order valence-electron chi connectivity index (χ0n) is 14.8. The molecule has 1 amide bonds. The van der Waals surface area contributed by atoms with Gasteiger partial charge in [-0.25, -0.2) is 0 Å². The first kappa shape index (κ1) is 23.5. The minimum absolute atomic E-state index is 0. The number of hydrogen-bond donors (Lipinski definition) is 3. The Hall–Kier alpha value is -1.53. The molecule has 1 aromatic rings. The van der Waals surface area contributed by atoms with Crippen LogP contribution >= 0.6 is 24.0 Å². The van der Waals surface area contributed by atoms with Crippen LogP contribution in [0.1, 0.15) is 32.0 Å². The molecular formula is C14H24F3IN6O. The van der Waals surface area contributed by atoms with E-state index in [0.717, 1.165) is 4.68 Å². The number of guanidine groups is 1. The van der Waals surface area contributed by atoms with E-state index in [1.165, 1.54) is 20.3 Å². The summed E-state index contributed by atoms with van der Waals surface area (Å²) in [7, 11) is 2.88. The first-order valence-electron chi connectivity index (χ1n) is 7.27. The van der Waals surface area contributed by atoms with Crippen molar-refractivity contribution in [3.05, 3.63) is 17.5 Å². The molecule has 11 heteroatoms. The van der Waals surface area contributed by atoms with Gasteiger partial charge in [0, 0.05) is 37.9 Å². The summed E-state index contributed by atoms with van der Waals surface area (Å²) >= 11 is 0. The van der Waals surface area contributed by atoms with Crippen LogP contribution in [-0.4, -0.2) is 40.8 Å². The van der Waals surface area contributed by atoms with Gasteiger partial charge in [0.2, 0.25) is 5.91 Å². The largest absolute Gasteiger partial charge is 0.435 e. The third-order valence-corrected chi connectivity index (χ3v) is 2.77. The Kier molecular flexibility index (Phi) is 8.68. The van der Waals surface area contributed by atoms with E-state index in [1.807, 2.05) is 20.8 Å². The molecule has 0 fully saturated rings. The van der Waals surface area contributed by atoms with Crippen molar-refractivity contribution in [3.63, 3.8) is 0 Å². The lowest BCUT2D eigenvalue weighted by Crippen LogP contribution is -2.48. The number of amides is 1. The number of aromatic nitrogens is 2. The molecule has 0 aliphatic rings. The van der Waals surface area contributed by atoms with E-state index in [2.05, 4.69) is 26.0 Å². The molecule has 1 heterocycles. The van der Waals surface area contributed by atoms with Crippen molar-refractivity contribution in [1.82, 2.24) is 25.7 Å². The van der Waals surface area contributed by atoms with Crippen LogP contribution in [0.25, 0.3) is 0 Å². The quantitative estimate of drug-likeness (QED) is 0.351. The van der Waals surface area contributed by atoms with E-state index >= 15 is 0 Å². The SMILES string of the molecule is CN=C(NCC(=O)NC(C)(C)C)NCc1cn(C)nc1C(F)(F)F.I. The highest BCUT2D eigenvalue weighted by Crippen LogP contribution is 2.30. The molecule has 144 valence electrons. The van der Waals surface area contributed by atoms with Gasteiger partial charge in [-0.3, -0.25) is 14.5 Å². The average molecular weight is 476 g/mol. The number of halogens is 4. The Bertz CT molecular complexity index is 607. The molecule has 0 aliphatic carbocycles. The summed E-state index contributed by atoms with van der Waals surface area (Å²) in [5.41, 5.74) is -1.32. The summed E-state index contributed by atoms with van der Waals surface area (Å²) in [5, 5.41) is 11.7. The van der Waals surface area contributed by atoms with Gasteiger partial charge in [-0.1, -0.05) is 0 Å². The Morgan fingerprint density at radius 1 is 1.28 bits per heavy atom. The average Bonchev–Trinajstić information content (AvgIpc) is 2.78. The van der Waals surface area contributed by atoms with Gasteiger partial charge in [0.05, 0.1) is 6.54 Å². The maximum Gasteiger partial charge on any atom is 0.435 e. The molecule has 0 aliphatic heterocycles. The van der Waals surface area contributed by atoms with E-state index in [1.54, 1.807) is 0 Å². The standard InChI is InChI=1S/C14H23F3N6O.HI/c1-13(2,3)21-10(24)7-20-12(18-4)19-6-9-8-23(5)22-11(9)14(15,16)17;/h8H,6-7H2,1-5H3,(H,21,24)(H2,18,19,20);1H. The fraction of sp³-hybridized carbons (Fsp3) is 0.643. The van der Waals surface area contributed by atoms with Crippen LogP contribution < -0.4 is 16.0 Å². The fourth-order valence-corrected chi connectivity index (χ4v) is 1.93. The Balaban J connectivity index is 0.00000576. The normalized spacial score (nSPS) is 12.4. The molecule has 0 aromatic carbocycles. The van der Waals surface area contributed by atoms with Crippen LogP contribution in [-0.2, 0) is 24.6 Å². The second-order valence-corrected chi connectivity index (χ2v) is 6.25. The summed E-state index contributed by atoms with van der Waals surface area (Å²) < 4.78 is 39.7. The first-order valence-corrected chi connectivity index (χ1v) is 7.27. The van der Waals surface area contributed by atoms with Gasteiger partial charge in [0.1, 0.15) is 0 Å². The second kappa shape index (κ2) is 9.25. The van der Waals surface area contributed by atoms with Crippen LogP contribution in [0.15, 0.2) is 11.2 Å². The number of hydrogen-bond acceptors (Lipinski definition) is 3. The highest BCUT2D eigenvalue weighted by molar-refractivity contribution is 14.0. The number of aryl methyl sites for hydroxylation is 1. The Morgan fingerprint density at radius 3 is 2.36 bits per heavy atom. The zero-order valence-corrected chi connectivity index (χ0v) is 17.1. The zero-order chi connectivity index (χ0) is 18.5. The van der Waals surface area contributed by atoms with Crippen LogP contribution in [0.5, 0.6) is 0 Å². The van der Waals surface area contributed by atoms with Crippen molar-refractivity contribution >= 4 is 35.8 Å². The summed E-state index contributed by atoms with van der Waals surface area (Å²) in [4.78, 5) is 15.6. The molecule has 0 bridgehead atoms. The second-order valence-electron chi connectivity index (χ2n) is 6.25. The van der Waals surface area contributed by atoms with Gasteiger partial charge in [-0.15, -0.1) is 24.0 Å². The smallest absolute Gasteiger partial charge is 0.352 e. The summed E-state index contributed by atoms with van der Waals surface area (Å²) in [6.45, 7) is 5.37. The van der Waals surface area contributed by atoms with E-state index in [9.17, 15) is 18.0 Å². The highest BCUT2D eigenvalue weighted by atomic mass is 127. The molecule has 0 unspecified atom stereocenters. The van der Waals surface area contributed by atoms with Crippen LogP contribution in [0, 0.1) is 0 Å². The van der Waals surface area contributed by atoms with E-state index in [4.69, 9.17) is 0 Å². The summed E-state index contributed by atoms with van der Waals surface area (Å²) in [5.74, 6) is -0.0288. The van der Waals surface area contributed by atoms with Crippen molar-refractivity contribution in [2.75, 3.05) is 13.6 Å². The Morgan fingerprint density at radius 2 is 1.88 bits per heavy atom. The van der Waals surface area contributed by atoms with Crippen LogP contribution in [0.3, 0.4) is 0 Å². The number of nitrogens with zero attached hydrogens (tertiary/aromatic N) is 3. The number of aliphatic imine (C=N–C) groups is 1. The maximum atomic E-state index is 12.9. The van der Waals surface area contributed by atoms with Crippen molar-refractivity contribution in [3.8, 4) is 0 Å². The van der Waals surface area contributed by atoms with Crippen molar-refractivity contribution in [2.45, 2.75) is 39.0 Å². The monoisotopic (exact) mass is 476 g/mol. The van der Waals surface area contributed by atoms with Gasteiger partial charge in [-0.2, -0.15) is 18.3 Å². The fourth-order valence-electron chi connectivity index (χ4n) is 1.93. The number of alkyl halides is 3. The molecule has 0 saturated heterocycles. The molecule has 1 aromatic heterocycles. The van der Waals surface area contributed by atoms with Crippen molar-refractivity contribution in [1.29, 1.82) is 0 Å². The van der Waals surface area contributed by atoms with Crippen LogP contribution in [0.2, 0.25) is 0 Å². The molecule has 25 heavy (non-hydrogen) atoms. The van der Waals surface area contributed by atoms with E-state index in [-0.39, 0.29) is 60.0 Å². The minimum Gasteiger partial charge on any atom is -0.352 e. The molecule has 3 N–H and O–H groups in total. The third-order valence-electron chi connectivity index (χ3n) is 2.77. The first-order chi connectivity index (χ1) is 10.9. The lowest BCUT2D eigenvalue weighted by molar-refractivity contribution is -0.142. The van der Waals surface area contributed by atoms with Gasteiger partial charge >= 0.3 is 6.18 Å². The predicted molar refractivity (Wildman–Crippen MR) is 99.7 cm³/mol. The third kappa shape index (κ3) is 8.40. The summed E-state index contributed by atoms with van der Waals surface area (Å²) in [6.07, 6.45) is -3.24. The van der Waals surface area contributed by atoms with Crippen molar-refractivity contribution in [2.24, 2.45) is 12.0 Å². The molecular weight excluding hydrogens is 452 g/mol. The topological polar surface area (TPSA) is 83.3 Å². The number of nitrogens with one attached hydrogen (secondary N) is 3. The van der Waals surface area contributed by atoms with Gasteiger partial charge < -0.3 is 16.0 Å². The van der Waals surface area contributed by atoms with Crippen molar-refractivity contribution < 1.29 is 18.0 Å². The van der Waals surface area contributed by atoms with Crippen LogP contribution in [0.4, 0.5) is 13.2 Å². The molecule has 0 spiro atoms. The number of carbonyl (C=O) groups is 1. The molecule has 1 rings (SSSR count). The minimum atomic E-state index is -4.53.